The molecule has 0 aliphatic carbocycles. The lowest BCUT2D eigenvalue weighted by Gasteiger charge is -2.10. The topological polar surface area (TPSA) is 17.1 Å². The van der Waals surface area contributed by atoms with E-state index in [4.69, 9.17) is 0 Å². The molecule has 21 heavy (non-hydrogen) atoms. The molecule has 0 fully saturated rings. The maximum absolute atomic E-state index is 13.9. The summed E-state index contributed by atoms with van der Waals surface area (Å²) in [5, 5.41) is 0. The molecule has 2 rings (SSSR count). The molecule has 1 nitrogen and oxygen atoms in total. The molecule has 0 N–H and O–H groups in total. The maximum Gasteiger partial charge on any atom is 0.136 e. The maximum atomic E-state index is 13.9. The van der Waals surface area contributed by atoms with Crippen molar-refractivity contribution in [2.24, 2.45) is 0 Å². The van der Waals surface area contributed by atoms with E-state index in [2.05, 4.69) is 0 Å². The van der Waals surface area contributed by atoms with Crippen LogP contribution >= 0.6 is 0 Å². The van der Waals surface area contributed by atoms with Gasteiger partial charge in [0.25, 0.3) is 0 Å². The Morgan fingerprint density at radius 1 is 0.810 bits per heavy atom. The van der Waals surface area contributed by atoms with Crippen LogP contribution in [-0.4, -0.2) is 5.78 Å². The summed E-state index contributed by atoms with van der Waals surface area (Å²) in [4.78, 5) is 11.8. The molecule has 2 atom stereocenters. The molecule has 2 unspecified atom stereocenters. The van der Waals surface area contributed by atoms with Crippen LogP contribution in [0, 0.1) is 0 Å². The molecule has 0 spiro atoms. The molecule has 0 saturated carbocycles. The third-order valence-corrected chi connectivity index (χ3v) is 3.41. The Labute approximate surface area is 123 Å². The van der Waals surface area contributed by atoms with Gasteiger partial charge in [0.2, 0.25) is 0 Å². The van der Waals surface area contributed by atoms with Gasteiger partial charge in [-0.3, -0.25) is 4.79 Å². The van der Waals surface area contributed by atoms with Gasteiger partial charge in [-0.05, 0) is 17.5 Å². The quantitative estimate of drug-likeness (QED) is 0.688. The summed E-state index contributed by atoms with van der Waals surface area (Å²) in [6.07, 6.45) is -2.52. The van der Waals surface area contributed by atoms with Crippen molar-refractivity contribution in [3.8, 4) is 0 Å². The molecule has 0 bridgehead atoms. The summed E-state index contributed by atoms with van der Waals surface area (Å²) in [6, 6.07) is 17.3. The monoisotopic (exact) mass is 288 g/mol. The first-order chi connectivity index (χ1) is 10.2. The van der Waals surface area contributed by atoms with Crippen LogP contribution in [0.25, 0.3) is 0 Å². The fourth-order valence-corrected chi connectivity index (χ4v) is 2.20. The normalized spacial score (nSPS) is 13.6. The number of carbonyl (C=O) groups excluding carboxylic acids is 1. The van der Waals surface area contributed by atoms with Crippen molar-refractivity contribution in [3.63, 3.8) is 0 Å². The van der Waals surface area contributed by atoms with Gasteiger partial charge in [-0.25, -0.2) is 8.78 Å². The van der Waals surface area contributed by atoms with Gasteiger partial charge in [-0.2, -0.15) is 0 Å². The molecule has 2 aromatic carbocycles. The van der Waals surface area contributed by atoms with Gasteiger partial charge < -0.3 is 0 Å². The summed E-state index contributed by atoms with van der Waals surface area (Å²) >= 11 is 0. The van der Waals surface area contributed by atoms with Crippen LogP contribution in [0.3, 0.4) is 0 Å². The van der Waals surface area contributed by atoms with Crippen LogP contribution in [0.4, 0.5) is 8.78 Å². The van der Waals surface area contributed by atoms with Crippen LogP contribution in [0.1, 0.15) is 42.7 Å². The van der Waals surface area contributed by atoms with Crippen molar-refractivity contribution in [1.29, 1.82) is 0 Å². The smallest absolute Gasteiger partial charge is 0.136 e. The highest BCUT2D eigenvalue weighted by atomic mass is 19.1. The number of rotatable bonds is 7. The molecule has 0 amide bonds. The Balaban J connectivity index is 1.80. The first kappa shape index (κ1) is 15.4. The minimum absolute atomic E-state index is 0.0588. The molecule has 0 aromatic heterocycles. The van der Waals surface area contributed by atoms with Gasteiger partial charge in [0.1, 0.15) is 18.1 Å². The van der Waals surface area contributed by atoms with Gasteiger partial charge in [0, 0.05) is 12.8 Å². The molecule has 3 heteroatoms. The zero-order valence-electron chi connectivity index (χ0n) is 11.7. The van der Waals surface area contributed by atoms with Crippen molar-refractivity contribution in [1.82, 2.24) is 0 Å². The fraction of sp³-hybridized carbons (Fsp3) is 0.278. The first-order valence-electron chi connectivity index (χ1n) is 7.06. The van der Waals surface area contributed by atoms with Crippen molar-refractivity contribution >= 4 is 5.78 Å². The molecule has 110 valence electrons. The average Bonchev–Trinajstić information content (AvgIpc) is 2.54. The number of benzene rings is 2. The number of hydrogen-bond acceptors (Lipinski definition) is 1. The van der Waals surface area contributed by atoms with E-state index in [1.54, 1.807) is 54.6 Å². The van der Waals surface area contributed by atoms with E-state index in [0.717, 1.165) is 0 Å². The molecule has 0 aliphatic rings. The standard InChI is InChI=1S/C18H18F2O/c19-17(14-7-3-1-4-8-14)12-11-16(21)13-18(20)15-9-5-2-6-10-15/h1-10,17-18H,11-13H2. The van der Waals surface area contributed by atoms with Crippen molar-refractivity contribution < 1.29 is 13.6 Å². The largest absolute Gasteiger partial charge is 0.300 e. The minimum atomic E-state index is -1.31. The van der Waals surface area contributed by atoms with Gasteiger partial charge in [-0.1, -0.05) is 60.7 Å². The van der Waals surface area contributed by atoms with E-state index < -0.39 is 12.3 Å². The average molecular weight is 288 g/mol. The summed E-state index contributed by atoms with van der Waals surface area (Å²) in [7, 11) is 0. The van der Waals surface area contributed by atoms with Gasteiger partial charge >= 0.3 is 0 Å². The van der Waals surface area contributed by atoms with Crippen molar-refractivity contribution in [3.05, 3.63) is 71.8 Å². The Bertz CT molecular complexity index is 554. The second-order valence-electron chi connectivity index (χ2n) is 5.04. The number of alkyl halides is 2. The fourth-order valence-electron chi connectivity index (χ4n) is 2.20. The van der Waals surface area contributed by atoms with E-state index >= 15 is 0 Å². The van der Waals surface area contributed by atoms with E-state index in [0.29, 0.717) is 11.1 Å². The molecular formula is C18H18F2O. The van der Waals surface area contributed by atoms with Crippen LogP contribution < -0.4 is 0 Å². The molecule has 0 radical (unpaired) electrons. The minimum Gasteiger partial charge on any atom is -0.300 e. The summed E-state index contributed by atoms with van der Waals surface area (Å²) in [6.45, 7) is 0. The van der Waals surface area contributed by atoms with Gasteiger partial charge in [-0.15, -0.1) is 0 Å². The number of carbonyl (C=O) groups is 1. The van der Waals surface area contributed by atoms with E-state index in [9.17, 15) is 13.6 Å². The van der Waals surface area contributed by atoms with Crippen LogP contribution in [0.2, 0.25) is 0 Å². The second-order valence-corrected chi connectivity index (χ2v) is 5.04. The predicted molar refractivity (Wildman–Crippen MR) is 79.4 cm³/mol. The lowest BCUT2D eigenvalue weighted by atomic mass is 10.00. The van der Waals surface area contributed by atoms with Gasteiger partial charge in [0.05, 0.1) is 0 Å². The lowest BCUT2D eigenvalue weighted by molar-refractivity contribution is -0.120. The van der Waals surface area contributed by atoms with E-state index in [1.165, 1.54) is 0 Å². The highest BCUT2D eigenvalue weighted by Gasteiger charge is 2.17. The van der Waals surface area contributed by atoms with Crippen molar-refractivity contribution in [2.75, 3.05) is 0 Å². The van der Waals surface area contributed by atoms with Crippen LogP contribution in [-0.2, 0) is 4.79 Å². The highest BCUT2D eigenvalue weighted by Crippen LogP contribution is 2.25. The Hall–Kier alpha value is -2.03. The Morgan fingerprint density at radius 3 is 1.81 bits per heavy atom. The zero-order valence-corrected chi connectivity index (χ0v) is 11.7. The number of halogens is 2. The van der Waals surface area contributed by atoms with Crippen LogP contribution in [0.15, 0.2) is 60.7 Å². The third-order valence-electron chi connectivity index (χ3n) is 3.41. The third kappa shape index (κ3) is 4.78. The predicted octanol–water partition coefficient (Wildman–Crippen LogP) is 5.15. The Kier molecular flexibility index (Phi) is 5.61. The number of Topliss-reactive ketones (excluding diaryl/α,β-unsaturated/α-hetero) is 1. The molecule has 0 saturated heterocycles. The Morgan fingerprint density at radius 2 is 1.29 bits per heavy atom. The summed E-state index contributed by atoms with van der Waals surface area (Å²) < 4.78 is 27.8. The molecule has 0 heterocycles. The molecular weight excluding hydrogens is 270 g/mol. The zero-order chi connectivity index (χ0) is 15.1. The van der Waals surface area contributed by atoms with Crippen LogP contribution in [0.5, 0.6) is 0 Å². The van der Waals surface area contributed by atoms with Gasteiger partial charge in [0.15, 0.2) is 0 Å². The SMILES string of the molecule is O=C(CCC(F)c1ccccc1)CC(F)c1ccccc1. The molecule has 0 aliphatic heterocycles. The number of hydrogen-bond donors (Lipinski definition) is 0. The summed E-state index contributed by atoms with van der Waals surface area (Å²) in [5.41, 5.74) is 1.05. The highest BCUT2D eigenvalue weighted by molar-refractivity contribution is 5.79. The molecule has 2 aromatic rings. The first-order valence-corrected chi connectivity index (χ1v) is 7.06. The summed E-state index contributed by atoms with van der Waals surface area (Å²) in [5.74, 6) is -0.245. The van der Waals surface area contributed by atoms with E-state index in [1.807, 2.05) is 6.07 Å². The van der Waals surface area contributed by atoms with Crippen molar-refractivity contribution in [2.45, 2.75) is 31.6 Å². The number of ketones is 1. The lowest BCUT2D eigenvalue weighted by Crippen LogP contribution is -2.05. The van der Waals surface area contributed by atoms with E-state index in [-0.39, 0.29) is 25.0 Å². The second kappa shape index (κ2) is 7.67.